The van der Waals surface area contributed by atoms with Gasteiger partial charge in [-0.05, 0) is 55.7 Å². The molecule has 0 radical (unpaired) electrons. The number of H-pyrrole nitrogens is 1. The predicted molar refractivity (Wildman–Crippen MR) is 118 cm³/mol. The van der Waals surface area contributed by atoms with Crippen LogP contribution in [-0.4, -0.2) is 44.0 Å². The number of ether oxygens (including phenoxy) is 4. The van der Waals surface area contributed by atoms with Gasteiger partial charge in [-0.15, -0.1) is 0 Å². The van der Waals surface area contributed by atoms with Gasteiger partial charge in [0.05, 0.1) is 21.3 Å². The third-order valence-corrected chi connectivity index (χ3v) is 4.86. The van der Waals surface area contributed by atoms with E-state index in [-0.39, 0.29) is 12.5 Å². The van der Waals surface area contributed by atoms with Crippen LogP contribution in [0, 0.1) is 20.8 Å². The Hall–Kier alpha value is -3.68. The number of nitrogens with one attached hydrogen (secondary N) is 2. The second-order valence-corrected chi connectivity index (χ2v) is 7.09. The Morgan fingerprint density at radius 2 is 1.65 bits per heavy atom. The molecular formula is C23H27N3O5. The normalized spacial score (nSPS) is 10.5. The van der Waals surface area contributed by atoms with E-state index in [4.69, 9.17) is 18.9 Å². The van der Waals surface area contributed by atoms with Crippen molar-refractivity contribution in [3.05, 3.63) is 47.2 Å². The van der Waals surface area contributed by atoms with Crippen LogP contribution >= 0.6 is 0 Å². The van der Waals surface area contributed by atoms with E-state index in [0.717, 1.165) is 27.9 Å². The number of hydrogen-bond acceptors (Lipinski definition) is 6. The predicted octanol–water partition coefficient (Wildman–Crippen LogP) is 4.05. The third-order valence-electron chi connectivity index (χ3n) is 4.86. The minimum atomic E-state index is -0.318. The molecule has 8 heteroatoms. The van der Waals surface area contributed by atoms with E-state index in [1.165, 1.54) is 0 Å². The molecule has 2 N–H and O–H groups in total. The monoisotopic (exact) mass is 425 g/mol. The Labute approximate surface area is 181 Å². The number of amides is 1. The van der Waals surface area contributed by atoms with E-state index >= 15 is 0 Å². The fourth-order valence-electron chi connectivity index (χ4n) is 3.27. The summed E-state index contributed by atoms with van der Waals surface area (Å²) < 4.78 is 22.0. The molecule has 0 atom stereocenters. The van der Waals surface area contributed by atoms with Gasteiger partial charge in [0.25, 0.3) is 5.91 Å². The van der Waals surface area contributed by atoms with Gasteiger partial charge in [-0.1, -0.05) is 12.1 Å². The lowest BCUT2D eigenvalue weighted by Gasteiger charge is -2.15. The fourth-order valence-corrected chi connectivity index (χ4v) is 3.27. The molecule has 0 spiro atoms. The number of benzene rings is 2. The number of carbonyl (C=O) groups is 1. The summed E-state index contributed by atoms with van der Waals surface area (Å²) in [4.78, 5) is 12.6. The molecule has 0 saturated heterocycles. The summed E-state index contributed by atoms with van der Waals surface area (Å²) in [6.45, 7) is 5.65. The molecule has 164 valence electrons. The maximum absolute atomic E-state index is 12.6. The highest BCUT2D eigenvalue weighted by atomic mass is 16.5. The van der Waals surface area contributed by atoms with Crippen LogP contribution in [0.5, 0.6) is 23.0 Å². The van der Waals surface area contributed by atoms with Crippen LogP contribution in [0.3, 0.4) is 0 Å². The minimum absolute atomic E-state index is 0.134. The molecule has 3 aromatic rings. The lowest BCUT2D eigenvalue weighted by molar-refractivity contribution is -0.118. The summed E-state index contributed by atoms with van der Waals surface area (Å²) in [5.74, 6) is 2.25. The van der Waals surface area contributed by atoms with Gasteiger partial charge in [0.1, 0.15) is 5.75 Å². The second-order valence-electron chi connectivity index (χ2n) is 7.09. The Balaban J connectivity index is 1.84. The average molecular weight is 425 g/mol. The number of aryl methyl sites for hydroxylation is 3. The molecule has 1 amide bonds. The highest BCUT2D eigenvalue weighted by molar-refractivity contribution is 5.95. The largest absolute Gasteiger partial charge is 0.493 e. The number of aromatic nitrogens is 2. The van der Waals surface area contributed by atoms with Crippen LogP contribution in [0.4, 0.5) is 5.82 Å². The van der Waals surface area contributed by atoms with Crippen molar-refractivity contribution in [3.63, 3.8) is 0 Å². The Kier molecular flexibility index (Phi) is 6.69. The van der Waals surface area contributed by atoms with E-state index in [1.807, 2.05) is 51.1 Å². The first-order valence-corrected chi connectivity index (χ1v) is 9.73. The molecule has 0 saturated carbocycles. The standard InChI is InChI=1S/C23H27N3O5/c1-13-7-8-14(2)17(9-13)31-12-20(27)24-23-21(15(3)25-26-23)16-10-18(28-4)22(30-6)19(11-16)29-5/h7-11H,12H2,1-6H3,(H2,24,25,26,27). The molecular weight excluding hydrogens is 398 g/mol. The summed E-state index contributed by atoms with van der Waals surface area (Å²) in [6.07, 6.45) is 0. The lowest BCUT2D eigenvalue weighted by Crippen LogP contribution is -2.21. The number of nitrogens with zero attached hydrogens (tertiary/aromatic N) is 1. The zero-order chi connectivity index (χ0) is 22.5. The molecule has 31 heavy (non-hydrogen) atoms. The van der Waals surface area contributed by atoms with Gasteiger partial charge in [-0.25, -0.2) is 0 Å². The van der Waals surface area contributed by atoms with Crippen molar-refractivity contribution in [2.45, 2.75) is 20.8 Å². The van der Waals surface area contributed by atoms with E-state index < -0.39 is 0 Å². The number of methoxy groups -OCH3 is 3. The Morgan fingerprint density at radius 3 is 2.26 bits per heavy atom. The first-order chi connectivity index (χ1) is 14.9. The van der Waals surface area contributed by atoms with Crippen LogP contribution in [0.25, 0.3) is 11.1 Å². The molecule has 0 unspecified atom stereocenters. The molecule has 0 aliphatic rings. The molecule has 3 rings (SSSR count). The van der Waals surface area contributed by atoms with Crippen molar-refractivity contribution in [3.8, 4) is 34.1 Å². The topological polar surface area (TPSA) is 94.7 Å². The number of aromatic amines is 1. The van der Waals surface area contributed by atoms with Crippen molar-refractivity contribution in [2.24, 2.45) is 0 Å². The van der Waals surface area contributed by atoms with Gasteiger partial charge < -0.3 is 24.3 Å². The molecule has 0 aliphatic carbocycles. The Bertz CT molecular complexity index is 1070. The van der Waals surface area contributed by atoms with Gasteiger partial charge in [0.15, 0.2) is 23.9 Å². The first-order valence-electron chi connectivity index (χ1n) is 9.73. The van der Waals surface area contributed by atoms with Crippen LogP contribution in [0.1, 0.15) is 16.8 Å². The fraction of sp³-hybridized carbons (Fsp3) is 0.304. The SMILES string of the molecule is COc1cc(-c2c(NC(=O)COc3cc(C)ccc3C)n[nH]c2C)cc(OC)c1OC. The van der Waals surface area contributed by atoms with Crippen LogP contribution in [0.15, 0.2) is 30.3 Å². The van der Waals surface area contributed by atoms with E-state index in [1.54, 1.807) is 21.3 Å². The lowest BCUT2D eigenvalue weighted by atomic mass is 10.0. The second kappa shape index (κ2) is 9.42. The van der Waals surface area contributed by atoms with Gasteiger partial charge in [-0.3, -0.25) is 9.89 Å². The van der Waals surface area contributed by atoms with E-state index in [2.05, 4.69) is 15.5 Å². The van der Waals surface area contributed by atoms with Crippen molar-refractivity contribution in [2.75, 3.05) is 33.3 Å². The van der Waals surface area contributed by atoms with Gasteiger partial charge in [-0.2, -0.15) is 5.10 Å². The number of anilines is 1. The van der Waals surface area contributed by atoms with Crippen molar-refractivity contribution >= 4 is 11.7 Å². The van der Waals surface area contributed by atoms with Crippen molar-refractivity contribution in [1.29, 1.82) is 0 Å². The van der Waals surface area contributed by atoms with Crippen molar-refractivity contribution in [1.82, 2.24) is 10.2 Å². The highest BCUT2D eigenvalue weighted by Gasteiger charge is 2.20. The molecule has 0 bridgehead atoms. The molecule has 8 nitrogen and oxygen atoms in total. The van der Waals surface area contributed by atoms with Gasteiger partial charge in [0.2, 0.25) is 5.75 Å². The number of rotatable bonds is 8. The van der Waals surface area contributed by atoms with Gasteiger partial charge >= 0.3 is 0 Å². The van der Waals surface area contributed by atoms with Gasteiger partial charge in [0, 0.05) is 11.3 Å². The minimum Gasteiger partial charge on any atom is -0.493 e. The average Bonchev–Trinajstić information content (AvgIpc) is 3.12. The van der Waals surface area contributed by atoms with Crippen LogP contribution < -0.4 is 24.3 Å². The van der Waals surface area contributed by atoms with Crippen LogP contribution in [-0.2, 0) is 4.79 Å². The van der Waals surface area contributed by atoms with E-state index in [9.17, 15) is 4.79 Å². The summed E-state index contributed by atoms with van der Waals surface area (Å²) in [7, 11) is 4.65. The summed E-state index contributed by atoms with van der Waals surface area (Å²) in [6, 6.07) is 9.48. The summed E-state index contributed by atoms with van der Waals surface area (Å²) >= 11 is 0. The smallest absolute Gasteiger partial charge is 0.263 e. The van der Waals surface area contributed by atoms with E-state index in [0.29, 0.717) is 28.8 Å². The quantitative estimate of drug-likeness (QED) is 0.566. The molecule has 1 heterocycles. The number of hydrogen-bond donors (Lipinski definition) is 2. The zero-order valence-electron chi connectivity index (χ0n) is 18.6. The first kappa shape index (κ1) is 22.0. The molecule has 2 aromatic carbocycles. The number of carbonyl (C=O) groups excluding carboxylic acids is 1. The highest BCUT2D eigenvalue weighted by Crippen LogP contribution is 2.43. The van der Waals surface area contributed by atoms with Crippen molar-refractivity contribution < 1.29 is 23.7 Å². The molecule has 0 aliphatic heterocycles. The molecule has 1 aromatic heterocycles. The molecule has 0 fully saturated rings. The van der Waals surface area contributed by atoms with Crippen LogP contribution in [0.2, 0.25) is 0 Å². The Morgan fingerprint density at radius 1 is 0.968 bits per heavy atom. The maximum atomic E-state index is 12.6. The summed E-state index contributed by atoms with van der Waals surface area (Å²) in [5, 5.41) is 9.98. The maximum Gasteiger partial charge on any atom is 0.263 e. The summed E-state index contributed by atoms with van der Waals surface area (Å²) in [5.41, 5.74) is 4.28. The third kappa shape index (κ3) is 4.74. The zero-order valence-corrected chi connectivity index (χ0v) is 18.6.